The molecule has 0 spiro atoms. The average Bonchev–Trinajstić information content (AvgIpc) is 3.29. The van der Waals surface area contributed by atoms with Crippen LogP contribution in [0.4, 0.5) is 5.69 Å². The Bertz CT molecular complexity index is 1260. The lowest BCUT2D eigenvalue weighted by Gasteiger charge is -2.07. The molecule has 4 aromatic rings. The summed E-state index contributed by atoms with van der Waals surface area (Å²) in [5, 5.41) is 16.7. The van der Waals surface area contributed by atoms with Crippen LogP contribution in [0.5, 0.6) is 0 Å². The molecule has 6 nitrogen and oxygen atoms in total. The summed E-state index contributed by atoms with van der Waals surface area (Å²) in [6, 6.07) is 21.7. The maximum absolute atomic E-state index is 12.4. The zero-order valence-corrected chi connectivity index (χ0v) is 17.7. The quantitative estimate of drug-likeness (QED) is 0.290. The molecule has 0 aliphatic carbocycles. The predicted molar refractivity (Wildman–Crippen MR) is 122 cm³/mol. The van der Waals surface area contributed by atoms with Crippen LogP contribution in [0, 0.1) is 10.1 Å². The summed E-state index contributed by atoms with van der Waals surface area (Å²) in [7, 11) is 0. The van der Waals surface area contributed by atoms with Crippen molar-refractivity contribution in [2.75, 3.05) is 0 Å². The summed E-state index contributed by atoms with van der Waals surface area (Å²) in [5.41, 5.74) is 3.72. The Kier molecular flexibility index (Phi) is 6.06. The van der Waals surface area contributed by atoms with Crippen LogP contribution >= 0.6 is 22.9 Å². The molecule has 0 aliphatic heterocycles. The highest BCUT2D eigenvalue weighted by Crippen LogP contribution is 2.29. The highest BCUT2D eigenvalue weighted by molar-refractivity contribution is 7.13. The van der Waals surface area contributed by atoms with Crippen molar-refractivity contribution in [1.82, 2.24) is 10.3 Å². The van der Waals surface area contributed by atoms with Gasteiger partial charge >= 0.3 is 0 Å². The molecule has 0 bridgehead atoms. The van der Waals surface area contributed by atoms with Gasteiger partial charge in [-0.05, 0) is 23.8 Å². The first-order valence-electron chi connectivity index (χ1n) is 9.33. The molecule has 4 rings (SSSR count). The van der Waals surface area contributed by atoms with E-state index in [9.17, 15) is 14.9 Å². The third-order valence-electron chi connectivity index (χ3n) is 4.61. The second-order valence-electron chi connectivity index (χ2n) is 6.71. The van der Waals surface area contributed by atoms with Crippen molar-refractivity contribution >= 4 is 34.5 Å². The second kappa shape index (κ2) is 9.07. The van der Waals surface area contributed by atoms with E-state index in [4.69, 9.17) is 16.6 Å². The van der Waals surface area contributed by atoms with Gasteiger partial charge in [0, 0.05) is 34.7 Å². The zero-order valence-electron chi connectivity index (χ0n) is 16.1. The van der Waals surface area contributed by atoms with Crippen molar-refractivity contribution in [1.29, 1.82) is 0 Å². The number of nitro benzene ring substituents is 1. The predicted octanol–water partition coefficient (Wildman–Crippen LogP) is 5.97. The molecular weight excluding hydrogens is 434 g/mol. The molecular formula is C23H16ClN3O3S. The topological polar surface area (TPSA) is 85.1 Å². The number of halogens is 1. The summed E-state index contributed by atoms with van der Waals surface area (Å²) in [5.74, 6) is -0.411. The highest BCUT2D eigenvalue weighted by atomic mass is 35.5. The minimum Gasteiger partial charge on any atom is -0.348 e. The Hall–Kier alpha value is -3.55. The number of carbonyl (C=O) groups is 1. The summed E-state index contributed by atoms with van der Waals surface area (Å²) in [6.45, 7) is 0.278. The van der Waals surface area contributed by atoms with Crippen LogP contribution in [-0.2, 0) is 6.54 Å². The van der Waals surface area contributed by atoms with Crippen LogP contribution in [0.3, 0.4) is 0 Å². The van der Waals surface area contributed by atoms with Crippen LogP contribution < -0.4 is 5.32 Å². The molecule has 154 valence electrons. The number of rotatable bonds is 6. The Morgan fingerprint density at radius 3 is 2.58 bits per heavy atom. The molecule has 1 aromatic heterocycles. The van der Waals surface area contributed by atoms with Crippen molar-refractivity contribution < 1.29 is 9.72 Å². The van der Waals surface area contributed by atoms with Crippen LogP contribution in [0.1, 0.15) is 15.9 Å². The number of nitrogens with one attached hydrogen (secondary N) is 1. The molecule has 0 atom stereocenters. The van der Waals surface area contributed by atoms with Crippen LogP contribution in [-0.4, -0.2) is 15.8 Å². The van der Waals surface area contributed by atoms with E-state index >= 15 is 0 Å². The van der Waals surface area contributed by atoms with Gasteiger partial charge in [-0.2, -0.15) is 0 Å². The molecule has 0 saturated heterocycles. The Balaban J connectivity index is 1.47. The van der Waals surface area contributed by atoms with E-state index in [1.807, 2.05) is 60.0 Å². The number of nitrogens with zero attached hydrogens (tertiary/aromatic N) is 2. The third kappa shape index (κ3) is 4.79. The van der Waals surface area contributed by atoms with E-state index in [1.54, 1.807) is 11.3 Å². The van der Waals surface area contributed by atoms with E-state index in [2.05, 4.69) is 5.32 Å². The van der Waals surface area contributed by atoms with Gasteiger partial charge in [0.1, 0.15) is 10.0 Å². The standard InChI is InChI=1S/C23H16ClN3O3S/c24-19-10-9-17(12-21(19)27(29)30)22(28)25-13-15-5-4-8-18(11-15)23-26-20(14-31-23)16-6-2-1-3-7-16/h1-12,14H,13H2,(H,25,28). The fourth-order valence-corrected chi connectivity index (χ4v) is 4.05. The molecule has 0 aliphatic rings. The number of thiazole rings is 1. The lowest BCUT2D eigenvalue weighted by molar-refractivity contribution is -0.384. The van der Waals surface area contributed by atoms with E-state index in [-0.39, 0.29) is 22.8 Å². The number of hydrogen-bond acceptors (Lipinski definition) is 5. The summed E-state index contributed by atoms with van der Waals surface area (Å²) < 4.78 is 0. The van der Waals surface area contributed by atoms with Crippen LogP contribution in [0.2, 0.25) is 5.02 Å². The molecule has 0 radical (unpaired) electrons. The number of aromatic nitrogens is 1. The number of carbonyl (C=O) groups excluding carboxylic acids is 1. The van der Waals surface area contributed by atoms with Crippen molar-refractivity contribution in [3.05, 3.63) is 104 Å². The van der Waals surface area contributed by atoms with Gasteiger partial charge in [0.05, 0.1) is 10.6 Å². The molecule has 31 heavy (non-hydrogen) atoms. The second-order valence-corrected chi connectivity index (χ2v) is 7.98. The molecule has 8 heteroatoms. The van der Waals surface area contributed by atoms with E-state index in [1.165, 1.54) is 18.2 Å². The van der Waals surface area contributed by atoms with Gasteiger partial charge in [-0.15, -0.1) is 11.3 Å². The molecule has 3 aromatic carbocycles. The summed E-state index contributed by atoms with van der Waals surface area (Å²) in [4.78, 5) is 27.6. The SMILES string of the molecule is O=C(NCc1cccc(-c2nc(-c3ccccc3)cs2)c1)c1ccc(Cl)c([N+](=O)[O-])c1. The smallest absolute Gasteiger partial charge is 0.288 e. The monoisotopic (exact) mass is 449 g/mol. The Labute approximate surface area is 187 Å². The molecule has 0 unspecified atom stereocenters. The summed E-state index contributed by atoms with van der Waals surface area (Å²) in [6.07, 6.45) is 0. The average molecular weight is 450 g/mol. The molecule has 1 N–H and O–H groups in total. The third-order valence-corrected chi connectivity index (χ3v) is 5.82. The van der Waals surface area contributed by atoms with Crippen LogP contribution in [0.25, 0.3) is 21.8 Å². The van der Waals surface area contributed by atoms with Gasteiger partial charge in [-0.1, -0.05) is 60.1 Å². The van der Waals surface area contributed by atoms with E-state index in [0.717, 1.165) is 27.4 Å². The van der Waals surface area contributed by atoms with Gasteiger partial charge in [0.2, 0.25) is 0 Å². The highest BCUT2D eigenvalue weighted by Gasteiger charge is 2.16. The van der Waals surface area contributed by atoms with Gasteiger partial charge in [-0.25, -0.2) is 4.98 Å². The first-order chi connectivity index (χ1) is 15.0. The minimum atomic E-state index is -0.611. The maximum atomic E-state index is 12.4. The van der Waals surface area contributed by atoms with Crippen LogP contribution in [0.15, 0.2) is 78.2 Å². The van der Waals surface area contributed by atoms with Gasteiger partial charge in [0.15, 0.2) is 0 Å². The molecule has 1 amide bonds. The first kappa shape index (κ1) is 20.7. The van der Waals surface area contributed by atoms with E-state index in [0.29, 0.717) is 0 Å². The lowest BCUT2D eigenvalue weighted by atomic mass is 10.1. The molecule has 0 fully saturated rings. The molecule has 0 saturated carbocycles. The molecule has 1 heterocycles. The summed E-state index contributed by atoms with van der Waals surface area (Å²) >= 11 is 7.37. The largest absolute Gasteiger partial charge is 0.348 e. The van der Waals surface area contributed by atoms with Crippen molar-refractivity contribution in [3.8, 4) is 21.8 Å². The van der Waals surface area contributed by atoms with E-state index < -0.39 is 10.8 Å². The van der Waals surface area contributed by atoms with Crippen molar-refractivity contribution in [2.45, 2.75) is 6.54 Å². The first-order valence-corrected chi connectivity index (χ1v) is 10.6. The Morgan fingerprint density at radius 2 is 1.81 bits per heavy atom. The van der Waals surface area contributed by atoms with Gasteiger partial charge < -0.3 is 5.32 Å². The number of benzene rings is 3. The zero-order chi connectivity index (χ0) is 21.8. The lowest BCUT2D eigenvalue weighted by Crippen LogP contribution is -2.22. The minimum absolute atomic E-state index is 0.00688. The van der Waals surface area contributed by atoms with Crippen molar-refractivity contribution in [3.63, 3.8) is 0 Å². The number of nitro groups is 1. The maximum Gasteiger partial charge on any atom is 0.288 e. The van der Waals surface area contributed by atoms with Gasteiger partial charge in [0.25, 0.3) is 11.6 Å². The normalized spacial score (nSPS) is 10.6. The number of hydrogen-bond donors (Lipinski definition) is 1. The fourth-order valence-electron chi connectivity index (χ4n) is 3.04. The van der Waals surface area contributed by atoms with Crippen molar-refractivity contribution in [2.24, 2.45) is 0 Å². The Morgan fingerprint density at radius 1 is 1.03 bits per heavy atom. The van der Waals surface area contributed by atoms with Gasteiger partial charge in [-0.3, -0.25) is 14.9 Å². The fraction of sp³-hybridized carbons (Fsp3) is 0.0435. The number of amides is 1.